The summed E-state index contributed by atoms with van der Waals surface area (Å²) < 4.78 is 0. The van der Waals surface area contributed by atoms with E-state index >= 15 is 0 Å². The summed E-state index contributed by atoms with van der Waals surface area (Å²) in [6, 6.07) is 9.28. The van der Waals surface area contributed by atoms with E-state index in [1.165, 1.54) is 10.5 Å². The third-order valence-corrected chi connectivity index (χ3v) is 4.59. The predicted octanol–water partition coefficient (Wildman–Crippen LogP) is 1.91. The first kappa shape index (κ1) is 14.9. The number of aliphatic hydroxyl groups excluding tert-OH is 1. The van der Waals surface area contributed by atoms with Gasteiger partial charge in [0.1, 0.15) is 0 Å². The molecule has 0 spiro atoms. The Morgan fingerprint density at radius 1 is 1.37 bits per heavy atom. The quantitative estimate of drug-likeness (QED) is 0.834. The van der Waals surface area contributed by atoms with Crippen LogP contribution in [0.5, 0.6) is 0 Å². The number of likely N-dealkylation sites (N-methyl/N-ethyl adjacent to an activating group) is 1. The molecule has 1 fully saturated rings. The van der Waals surface area contributed by atoms with Crippen LogP contribution in [0.2, 0.25) is 0 Å². The van der Waals surface area contributed by atoms with Gasteiger partial charge in [-0.05, 0) is 37.4 Å². The van der Waals surface area contributed by atoms with Crippen LogP contribution in [-0.4, -0.2) is 60.5 Å². The van der Waals surface area contributed by atoms with Crippen LogP contribution in [0.15, 0.2) is 29.2 Å². The van der Waals surface area contributed by atoms with E-state index in [1.807, 2.05) is 0 Å². The average Bonchev–Trinajstić information content (AvgIpc) is 2.43. The third kappa shape index (κ3) is 4.21. The zero-order chi connectivity index (χ0) is 13.7. The summed E-state index contributed by atoms with van der Waals surface area (Å²) in [5.74, 6) is 0. The summed E-state index contributed by atoms with van der Waals surface area (Å²) in [6.07, 6.45) is 2.99. The molecule has 0 amide bonds. The summed E-state index contributed by atoms with van der Waals surface area (Å²) in [4.78, 5) is 6.20. The van der Waals surface area contributed by atoms with Gasteiger partial charge >= 0.3 is 0 Å². The summed E-state index contributed by atoms with van der Waals surface area (Å²) in [5, 5.41) is 9.13. The molecule has 1 N–H and O–H groups in total. The Balaban J connectivity index is 1.95. The highest BCUT2D eigenvalue weighted by Crippen LogP contribution is 2.18. The van der Waals surface area contributed by atoms with Crippen LogP contribution in [0.1, 0.15) is 12.0 Å². The number of benzene rings is 1. The topological polar surface area (TPSA) is 26.7 Å². The summed E-state index contributed by atoms with van der Waals surface area (Å²) in [7, 11) is 2.16. The first-order valence-corrected chi connectivity index (χ1v) is 8.12. The fraction of sp³-hybridized carbons (Fsp3) is 0.600. The number of thioether (sulfide) groups is 1. The van der Waals surface area contributed by atoms with Gasteiger partial charge in [0.15, 0.2) is 0 Å². The molecule has 19 heavy (non-hydrogen) atoms. The van der Waals surface area contributed by atoms with Gasteiger partial charge in [0.05, 0.1) is 0 Å². The van der Waals surface area contributed by atoms with Gasteiger partial charge in [0.2, 0.25) is 0 Å². The van der Waals surface area contributed by atoms with Crippen molar-refractivity contribution >= 4 is 11.8 Å². The van der Waals surface area contributed by atoms with Gasteiger partial charge in [-0.2, -0.15) is 0 Å². The van der Waals surface area contributed by atoms with Crippen molar-refractivity contribution in [3.63, 3.8) is 0 Å². The van der Waals surface area contributed by atoms with Crippen molar-refractivity contribution in [2.75, 3.05) is 39.5 Å². The van der Waals surface area contributed by atoms with Crippen molar-refractivity contribution in [1.29, 1.82) is 0 Å². The van der Waals surface area contributed by atoms with Gasteiger partial charge in [-0.15, -0.1) is 11.8 Å². The minimum atomic E-state index is 0.283. The van der Waals surface area contributed by atoms with E-state index in [4.69, 9.17) is 5.11 Å². The lowest BCUT2D eigenvalue weighted by molar-refractivity contribution is 0.0743. The molecule has 0 aromatic heterocycles. The fourth-order valence-electron chi connectivity index (χ4n) is 2.64. The molecule has 1 aliphatic rings. The molecular formula is C15H24N2OS. The van der Waals surface area contributed by atoms with Gasteiger partial charge in [-0.25, -0.2) is 0 Å². The van der Waals surface area contributed by atoms with E-state index in [1.54, 1.807) is 11.8 Å². The van der Waals surface area contributed by atoms with Gasteiger partial charge in [0.25, 0.3) is 0 Å². The number of piperazine rings is 1. The van der Waals surface area contributed by atoms with E-state index in [-0.39, 0.29) is 6.61 Å². The van der Waals surface area contributed by atoms with Crippen molar-refractivity contribution in [3.8, 4) is 0 Å². The number of rotatable bonds is 5. The minimum Gasteiger partial charge on any atom is -0.396 e. The smallest absolute Gasteiger partial charge is 0.0446 e. The van der Waals surface area contributed by atoms with Crippen molar-refractivity contribution in [3.05, 3.63) is 29.8 Å². The van der Waals surface area contributed by atoms with Crippen molar-refractivity contribution in [2.45, 2.75) is 23.9 Å². The lowest BCUT2D eigenvalue weighted by atomic mass is 10.1. The van der Waals surface area contributed by atoms with E-state index in [2.05, 4.69) is 47.4 Å². The van der Waals surface area contributed by atoms with Gasteiger partial charge in [-0.1, -0.05) is 12.1 Å². The van der Waals surface area contributed by atoms with E-state index in [0.717, 1.165) is 32.6 Å². The van der Waals surface area contributed by atoms with Gasteiger partial charge in [-0.3, -0.25) is 4.90 Å². The Labute approximate surface area is 120 Å². The molecule has 106 valence electrons. The monoisotopic (exact) mass is 280 g/mol. The molecule has 1 aromatic rings. The van der Waals surface area contributed by atoms with Crippen LogP contribution in [0.3, 0.4) is 0 Å². The molecule has 2 rings (SSSR count). The van der Waals surface area contributed by atoms with E-state index in [0.29, 0.717) is 6.04 Å². The average molecular weight is 280 g/mol. The predicted molar refractivity (Wildman–Crippen MR) is 81.6 cm³/mol. The molecule has 0 bridgehead atoms. The zero-order valence-electron chi connectivity index (χ0n) is 11.9. The molecule has 3 nitrogen and oxygen atoms in total. The SMILES string of the molecule is CSc1cccc(CN2CCN(C)C(CCO)C2)c1. The van der Waals surface area contributed by atoms with E-state index in [9.17, 15) is 0 Å². The maximum atomic E-state index is 9.13. The molecule has 1 atom stereocenters. The first-order valence-electron chi connectivity index (χ1n) is 6.89. The maximum absolute atomic E-state index is 9.13. The fourth-order valence-corrected chi connectivity index (χ4v) is 3.13. The van der Waals surface area contributed by atoms with Gasteiger partial charge < -0.3 is 10.0 Å². The Hall–Kier alpha value is -0.550. The van der Waals surface area contributed by atoms with Crippen LogP contribution < -0.4 is 0 Å². The highest BCUT2D eigenvalue weighted by molar-refractivity contribution is 7.98. The second-order valence-electron chi connectivity index (χ2n) is 5.23. The highest BCUT2D eigenvalue weighted by Gasteiger charge is 2.23. The van der Waals surface area contributed by atoms with Crippen molar-refractivity contribution < 1.29 is 5.11 Å². The minimum absolute atomic E-state index is 0.283. The van der Waals surface area contributed by atoms with E-state index < -0.39 is 0 Å². The van der Waals surface area contributed by atoms with Crippen LogP contribution in [-0.2, 0) is 6.54 Å². The molecule has 1 aliphatic heterocycles. The molecule has 1 aromatic carbocycles. The van der Waals surface area contributed by atoms with Crippen molar-refractivity contribution in [1.82, 2.24) is 9.80 Å². The van der Waals surface area contributed by atoms with Crippen LogP contribution in [0.4, 0.5) is 0 Å². The molecule has 1 heterocycles. The molecule has 4 heteroatoms. The lowest BCUT2D eigenvalue weighted by Gasteiger charge is -2.39. The zero-order valence-corrected chi connectivity index (χ0v) is 12.7. The van der Waals surface area contributed by atoms with Crippen LogP contribution >= 0.6 is 11.8 Å². The molecular weight excluding hydrogens is 256 g/mol. The molecule has 0 aliphatic carbocycles. The molecule has 0 radical (unpaired) electrons. The number of nitrogens with zero attached hydrogens (tertiary/aromatic N) is 2. The second kappa shape index (κ2) is 7.29. The van der Waals surface area contributed by atoms with Crippen LogP contribution in [0, 0.1) is 0 Å². The number of hydrogen-bond donors (Lipinski definition) is 1. The summed E-state index contributed by atoms with van der Waals surface area (Å²) in [5.41, 5.74) is 1.39. The number of aliphatic hydroxyl groups is 1. The third-order valence-electron chi connectivity index (χ3n) is 3.86. The number of hydrogen-bond acceptors (Lipinski definition) is 4. The summed E-state index contributed by atoms with van der Waals surface area (Å²) >= 11 is 1.79. The molecule has 1 saturated heterocycles. The van der Waals surface area contributed by atoms with Gasteiger partial charge in [0, 0.05) is 43.7 Å². The Kier molecular flexibility index (Phi) is 5.70. The Bertz CT molecular complexity index is 399. The largest absolute Gasteiger partial charge is 0.396 e. The maximum Gasteiger partial charge on any atom is 0.0446 e. The second-order valence-corrected chi connectivity index (χ2v) is 6.11. The molecule has 0 saturated carbocycles. The van der Waals surface area contributed by atoms with Crippen molar-refractivity contribution in [2.24, 2.45) is 0 Å². The summed E-state index contributed by atoms with van der Waals surface area (Å²) in [6.45, 7) is 4.56. The molecule has 1 unspecified atom stereocenters. The standard InChI is InChI=1S/C15H24N2OS/c1-16-7-8-17(12-14(16)6-9-18)11-13-4-3-5-15(10-13)19-2/h3-5,10,14,18H,6-9,11-12H2,1-2H3. The normalized spacial score (nSPS) is 21.7. The lowest BCUT2D eigenvalue weighted by Crippen LogP contribution is -2.51. The highest BCUT2D eigenvalue weighted by atomic mass is 32.2. The first-order chi connectivity index (χ1) is 9.22. The Morgan fingerprint density at radius 3 is 2.95 bits per heavy atom. The Morgan fingerprint density at radius 2 is 2.21 bits per heavy atom. The van der Waals surface area contributed by atoms with Crippen LogP contribution in [0.25, 0.3) is 0 Å².